The lowest BCUT2D eigenvalue weighted by Crippen LogP contribution is -2.43. The molecule has 1 saturated heterocycles. The van der Waals surface area contributed by atoms with Crippen molar-refractivity contribution >= 4 is 17.5 Å². The maximum absolute atomic E-state index is 12.8. The fourth-order valence-corrected chi connectivity index (χ4v) is 3.79. The van der Waals surface area contributed by atoms with Crippen LogP contribution < -0.4 is 10.6 Å². The molecule has 2 aromatic rings. The van der Waals surface area contributed by atoms with Crippen molar-refractivity contribution < 1.29 is 9.53 Å². The van der Waals surface area contributed by atoms with E-state index in [-0.39, 0.29) is 18.0 Å². The van der Waals surface area contributed by atoms with Gasteiger partial charge < -0.3 is 15.4 Å². The van der Waals surface area contributed by atoms with Gasteiger partial charge in [0.05, 0.1) is 12.6 Å². The van der Waals surface area contributed by atoms with E-state index in [0.29, 0.717) is 19.7 Å². The number of amides is 1. The number of halogens is 1. The van der Waals surface area contributed by atoms with Crippen LogP contribution >= 0.6 is 11.6 Å². The van der Waals surface area contributed by atoms with Crippen LogP contribution in [0.4, 0.5) is 0 Å². The Morgan fingerprint density at radius 1 is 1.18 bits per heavy atom. The van der Waals surface area contributed by atoms with E-state index in [0.717, 1.165) is 30.1 Å². The molecule has 0 unspecified atom stereocenters. The van der Waals surface area contributed by atoms with Gasteiger partial charge in [0.15, 0.2) is 0 Å². The summed E-state index contributed by atoms with van der Waals surface area (Å²) in [5, 5.41) is 7.32. The third kappa shape index (κ3) is 5.79. The molecule has 1 amide bonds. The summed E-state index contributed by atoms with van der Waals surface area (Å²) in [7, 11) is 1.63. The zero-order valence-corrected chi connectivity index (χ0v) is 17.0. The number of ether oxygens (including phenoxy) is 1. The van der Waals surface area contributed by atoms with E-state index in [1.165, 1.54) is 5.56 Å². The molecule has 0 radical (unpaired) electrons. The first-order valence-corrected chi connectivity index (χ1v) is 10.1. The van der Waals surface area contributed by atoms with Crippen molar-refractivity contribution in [1.29, 1.82) is 0 Å². The molecule has 1 aliphatic heterocycles. The van der Waals surface area contributed by atoms with Gasteiger partial charge in [-0.05, 0) is 23.6 Å². The number of nitrogens with zero attached hydrogens (tertiary/aromatic N) is 1. The summed E-state index contributed by atoms with van der Waals surface area (Å²) in [6.07, 6.45) is 0.774. The van der Waals surface area contributed by atoms with E-state index in [1.807, 2.05) is 42.5 Å². The van der Waals surface area contributed by atoms with E-state index in [9.17, 15) is 4.79 Å². The molecule has 2 atom stereocenters. The summed E-state index contributed by atoms with van der Waals surface area (Å²) < 4.78 is 5.04. The van der Waals surface area contributed by atoms with E-state index in [1.54, 1.807) is 7.11 Å². The Bertz CT molecular complexity index is 756. The minimum absolute atomic E-state index is 0.0492. The predicted octanol–water partition coefficient (Wildman–Crippen LogP) is 2.84. The number of benzene rings is 2. The lowest BCUT2D eigenvalue weighted by atomic mass is 10.1. The molecule has 3 rings (SSSR count). The van der Waals surface area contributed by atoms with Crippen LogP contribution in [0.1, 0.15) is 17.5 Å². The quantitative estimate of drug-likeness (QED) is 0.634. The van der Waals surface area contributed by atoms with Gasteiger partial charge in [-0.2, -0.15) is 0 Å². The summed E-state index contributed by atoms with van der Waals surface area (Å²) in [4.78, 5) is 15.0. The highest BCUT2D eigenvalue weighted by molar-refractivity contribution is 6.31. The molecule has 28 heavy (non-hydrogen) atoms. The second-order valence-corrected chi connectivity index (χ2v) is 7.53. The molecule has 6 heteroatoms. The van der Waals surface area contributed by atoms with Crippen molar-refractivity contribution in [2.45, 2.75) is 31.6 Å². The lowest BCUT2D eigenvalue weighted by molar-refractivity contribution is -0.125. The molecule has 1 fully saturated rings. The van der Waals surface area contributed by atoms with E-state index >= 15 is 0 Å². The smallest absolute Gasteiger partial charge is 0.237 e. The molecule has 0 bridgehead atoms. The second kappa shape index (κ2) is 10.6. The van der Waals surface area contributed by atoms with Crippen LogP contribution in [0, 0.1) is 0 Å². The fraction of sp³-hybridized carbons (Fsp3) is 0.409. The van der Waals surface area contributed by atoms with Gasteiger partial charge in [-0.3, -0.25) is 9.69 Å². The van der Waals surface area contributed by atoms with Crippen LogP contribution in [0.5, 0.6) is 0 Å². The van der Waals surface area contributed by atoms with Crippen LogP contribution in [-0.4, -0.2) is 49.7 Å². The van der Waals surface area contributed by atoms with Gasteiger partial charge in [-0.25, -0.2) is 0 Å². The first kappa shape index (κ1) is 20.8. The fourth-order valence-electron chi connectivity index (χ4n) is 3.60. The molecule has 0 spiro atoms. The highest BCUT2D eigenvalue weighted by atomic mass is 35.5. The van der Waals surface area contributed by atoms with E-state index in [2.05, 4.69) is 27.7 Å². The number of hydrogen-bond acceptors (Lipinski definition) is 4. The number of likely N-dealkylation sites (tertiary alicyclic amines) is 1. The SMILES string of the molecule is COCCNC(=O)[C@@H]1C[C@@H](NCc2ccccc2)CN1Cc1ccccc1Cl. The van der Waals surface area contributed by atoms with Crippen molar-refractivity contribution in [3.05, 3.63) is 70.7 Å². The molecule has 0 saturated carbocycles. The molecule has 0 aliphatic carbocycles. The van der Waals surface area contributed by atoms with Crippen molar-refractivity contribution in [2.75, 3.05) is 26.8 Å². The lowest BCUT2D eigenvalue weighted by Gasteiger charge is -2.24. The van der Waals surface area contributed by atoms with Gasteiger partial charge in [0, 0.05) is 44.4 Å². The third-order valence-electron chi connectivity index (χ3n) is 5.08. The minimum atomic E-state index is -0.179. The number of carbonyl (C=O) groups is 1. The van der Waals surface area contributed by atoms with Crippen molar-refractivity contribution in [2.24, 2.45) is 0 Å². The van der Waals surface area contributed by atoms with Crippen molar-refractivity contribution in [3.8, 4) is 0 Å². The monoisotopic (exact) mass is 401 g/mol. The number of hydrogen-bond donors (Lipinski definition) is 2. The molecular weight excluding hydrogens is 374 g/mol. The Balaban J connectivity index is 1.65. The topological polar surface area (TPSA) is 53.6 Å². The van der Waals surface area contributed by atoms with Crippen LogP contribution in [0.25, 0.3) is 0 Å². The molecule has 150 valence electrons. The third-order valence-corrected chi connectivity index (χ3v) is 5.45. The van der Waals surface area contributed by atoms with Gasteiger partial charge in [-0.1, -0.05) is 60.1 Å². The number of rotatable bonds is 9. The Kier molecular flexibility index (Phi) is 7.86. The van der Waals surface area contributed by atoms with Gasteiger partial charge in [0.2, 0.25) is 5.91 Å². The van der Waals surface area contributed by atoms with E-state index in [4.69, 9.17) is 16.3 Å². The summed E-state index contributed by atoms with van der Waals surface area (Å²) in [6, 6.07) is 18.2. The zero-order chi connectivity index (χ0) is 19.8. The Labute approximate surface area is 172 Å². The average molecular weight is 402 g/mol. The Hall–Kier alpha value is -1.92. The molecule has 2 aromatic carbocycles. The highest BCUT2D eigenvalue weighted by Gasteiger charge is 2.36. The summed E-state index contributed by atoms with van der Waals surface area (Å²) in [6.45, 7) is 3.29. The van der Waals surface area contributed by atoms with Gasteiger partial charge in [0.1, 0.15) is 0 Å². The summed E-state index contributed by atoms with van der Waals surface area (Å²) in [5.74, 6) is 0.0492. The number of nitrogens with one attached hydrogen (secondary N) is 2. The Morgan fingerprint density at radius 3 is 2.68 bits per heavy atom. The summed E-state index contributed by atoms with van der Waals surface area (Å²) in [5.41, 5.74) is 2.29. The molecule has 2 N–H and O–H groups in total. The molecule has 0 aromatic heterocycles. The van der Waals surface area contributed by atoms with Gasteiger partial charge in [-0.15, -0.1) is 0 Å². The first-order valence-electron chi connectivity index (χ1n) is 9.69. The molecular formula is C22H28ClN3O2. The molecule has 1 heterocycles. The standard InChI is InChI=1S/C22H28ClN3O2/c1-28-12-11-24-22(27)21-13-19(25-14-17-7-3-2-4-8-17)16-26(21)15-18-9-5-6-10-20(18)23/h2-10,19,21,25H,11-16H2,1H3,(H,24,27)/t19-,21+/m1/s1. The first-order chi connectivity index (χ1) is 13.7. The largest absolute Gasteiger partial charge is 0.383 e. The van der Waals surface area contributed by atoms with Crippen molar-refractivity contribution in [1.82, 2.24) is 15.5 Å². The van der Waals surface area contributed by atoms with Crippen LogP contribution in [0.15, 0.2) is 54.6 Å². The van der Waals surface area contributed by atoms with Gasteiger partial charge in [0.25, 0.3) is 0 Å². The maximum atomic E-state index is 12.8. The predicted molar refractivity (Wildman–Crippen MR) is 112 cm³/mol. The zero-order valence-electron chi connectivity index (χ0n) is 16.2. The maximum Gasteiger partial charge on any atom is 0.237 e. The summed E-state index contributed by atoms with van der Waals surface area (Å²) >= 11 is 6.35. The average Bonchev–Trinajstić information content (AvgIpc) is 3.12. The van der Waals surface area contributed by atoms with Crippen LogP contribution in [-0.2, 0) is 22.6 Å². The van der Waals surface area contributed by atoms with Crippen molar-refractivity contribution in [3.63, 3.8) is 0 Å². The number of carbonyl (C=O) groups excluding carboxylic acids is 1. The molecule has 1 aliphatic rings. The van der Waals surface area contributed by atoms with Gasteiger partial charge >= 0.3 is 0 Å². The highest BCUT2D eigenvalue weighted by Crippen LogP contribution is 2.24. The Morgan fingerprint density at radius 2 is 1.93 bits per heavy atom. The second-order valence-electron chi connectivity index (χ2n) is 7.12. The van der Waals surface area contributed by atoms with Crippen LogP contribution in [0.2, 0.25) is 5.02 Å². The van der Waals surface area contributed by atoms with E-state index < -0.39 is 0 Å². The minimum Gasteiger partial charge on any atom is -0.383 e. The van der Waals surface area contributed by atoms with Crippen LogP contribution in [0.3, 0.4) is 0 Å². The number of methoxy groups -OCH3 is 1. The normalized spacial score (nSPS) is 19.6. The molecule has 5 nitrogen and oxygen atoms in total.